The first-order valence-corrected chi connectivity index (χ1v) is 9.67. The molecule has 1 atom stereocenters. The van der Waals surface area contributed by atoms with Crippen LogP contribution in [0.3, 0.4) is 0 Å². The van der Waals surface area contributed by atoms with Gasteiger partial charge in [-0.1, -0.05) is 0 Å². The fourth-order valence-corrected chi connectivity index (χ4v) is 3.46. The van der Waals surface area contributed by atoms with Gasteiger partial charge >= 0.3 is 18.2 Å². The van der Waals surface area contributed by atoms with E-state index in [1.807, 2.05) is 31.0 Å². The molecule has 2 N–H and O–H groups in total. The second-order valence-electron chi connectivity index (χ2n) is 7.60. The third-order valence-corrected chi connectivity index (χ3v) is 4.74. The maximum atomic E-state index is 12.3. The van der Waals surface area contributed by atoms with Crippen molar-refractivity contribution in [3.05, 3.63) is 24.5 Å². The van der Waals surface area contributed by atoms with Gasteiger partial charge in [0.1, 0.15) is 5.60 Å². The van der Waals surface area contributed by atoms with Crippen LogP contribution in [-0.4, -0.2) is 77.6 Å². The lowest BCUT2D eigenvalue weighted by molar-refractivity contribution is -0.192. The van der Waals surface area contributed by atoms with Crippen molar-refractivity contribution in [3.8, 4) is 0 Å². The van der Waals surface area contributed by atoms with Crippen LogP contribution in [0, 0.1) is 0 Å². The molecule has 8 nitrogen and oxygen atoms in total. The van der Waals surface area contributed by atoms with E-state index in [-0.39, 0.29) is 17.7 Å². The molecular weight excluding hydrogens is 405 g/mol. The zero-order valence-electron chi connectivity index (χ0n) is 17.0. The molecule has 3 rings (SSSR count). The number of pyridine rings is 1. The minimum atomic E-state index is -5.08. The van der Waals surface area contributed by atoms with E-state index in [1.165, 1.54) is 0 Å². The Balaban J connectivity index is 0.000000396. The lowest BCUT2D eigenvalue weighted by Crippen LogP contribution is -2.62. The molecule has 30 heavy (non-hydrogen) atoms. The summed E-state index contributed by atoms with van der Waals surface area (Å²) in [7, 11) is 0. The molecule has 0 aliphatic carbocycles. The predicted molar refractivity (Wildman–Crippen MR) is 103 cm³/mol. The van der Waals surface area contributed by atoms with Crippen LogP contribution < -0.4 is 10.2 Å². The van der Waals surface area contributed by atoms with E-state index in [1.54, 1.807) is 6.20 Å². The molecule has 168 valence electrons. The Morgan fingerprint density at radius 1 is 1.30 bits per heavy atom. The Hall–Kier alpha value is -2.56. The number of ether oxygens (including phenoxy) is 1. The van der Waals surface area contributed by atoms with E-state index < -0.39 is 12.1 Å². The largest absolute Gasteiger partial charge is 0.490 e. The molecule has 1 spiro atoms. The highest BCUT2D eigenvalue weighted by atomic mass is 19.4. The first-order valence-electron chi connectivity index (χ1n) is 9.67. The number of carbonyl (C=O) groups is 2. The molecule has 0 radical (unpaired) electrons. The van der Waals surface area contributed by atoms with E-state index in [9.17, 15) is 18.0 Å². The standard InChI is InChI=1S/C17H26N4O2.C2HF3O2/c1-14(2)19-16(22)21-9-10-23-17(13-21)6-4-8-20(12-17)15-5-3-7-18-11-15;3-2(4,5)1(6)7/h3,5,7,11,14H,4,6,8-10,12-13H2,1-2H3,(H,19,22);(H,6,7). The molecule has 1 aromatic heterocycles. The van der Waals surface area contributed by atoms with E-state index in [0.717, 1.165) is 31.6 Å². The Morgan fingerprint density at radius 3 is 2.57 bits per heavy atom. The predicted octanol–water partition coefficient (Wildman–Crippen LogP) is 2.50. The first-order chi connectivity index (χ1) is 14.0. The molecule has 11 heteroatoms. The number of hydrogen-bond acceptors (Lipinski definition) is 5. The van der Waals surface area contributed by atoms with E-state index >= 15 is 0 Å². The van der Waals surface area contributed by atoms with Crippen molar-refractivity contribution in [2.24, 2.45) is 0 Å². The molecule has 0 saturated carbocycles. The fourth-order valence-electron chi connectivity index (χ4n) is 3.46. The second kappa shape index (κ2) is 9.96. The van der Waals surface area contributed by atoms with Gasteiger partial charge in [-0.3, -0.25) is 4.98 Å². The number of morpholine rings is 1. The van der Waals surface area contributed by atoms with Crippen molar-refractivity contribution in [1.29, 1.82) is 0 Å². The number of carboxylic acids is 1. The van der Waals surface area contributed by atoms with Crippen LogP contribution >= 0.6 is 0 Å². The van der Waals surface area contributed by atoms with Crippen LogP contribution in [0.4, 0.5) is 23.7 Å². The number of aromatic nitrogens is 1. The highest BCUT2D eigenvalue weighted by molar-refractivity contribution is 5.74. The zero-order valence-corrected chi connectivity index (χ0v) is 17.0. The molecule has 2 saturated heterocycles. The van der Waals surface area contributed by atoms with Crippen LogP contribution in [-0.2, 0) is 9.53 Å². The number of alkyl halides is 3. The number of aliphatic carboxylic acids is 1. The number of rotatable bonds is 2. The number of urea groups is 1. The maximum Gasteiger partial charge on any atom is 0.490 e. The summed E-state index contributed by atoms with van der Waals surface area (Å²) in [4.78, 5) is 29.6. The van der Waals surface area contributed by atoms with Gasteiger partial charge in [-0.2, -0.15) is 13.2 Å². The summed E-state index contributed by atoms with van der Waals surface area (Å²) in [6.45, 7) is 7.71. The van der Waals surface area contributed by atoms with Gasteiger partial charge in [0.15, 0.2) is 0 Å². The normalized spacial score (nSPS) is 21.8. The van der Waals surface area contributed by atoms with Gasteiger partial charge in [0.2, 0.25) is 0 Å². The van der Waals surface area contributed by atoms with Crippen molar-refractivity contribution < 1.29 is 32.6 Å². The third kappa shape index (κ3) is 6.75. The summed E-state index contributed by atoms with van der Waals surface area (Å²) < 4.78 is 37.9. The average molecular weight is 432 g/mol. The van der Waals surface area contributed by atoms with Gasteiger partial charge in [-0.15, -0.1) is 0 Å². The smallest absolute Gasteiger partial charge is 0.475 e. The molecule has 1 unspecified atom stereocenters. The molecule has 3 heterocycles. The number of carboxylic acid groups (broad SMARTS) is 1. The summed E-state index contributed by atoms with van der Waals surface area (Å²) >= 11 is 0. The van der Waals surface area contributed by atoms with E-state index in [2.05, 4.69) is 21.3 Å². The lowest BCUT2D eigenvalue weighted by atomic mass is 9.90. The minimum absolute atomic E-state index is 0.0150. The van der Waals surface area contributed by atoms with E-state index in [4.69, 9.17) is 14.6 Å². The highest BCUT2D eigenvalue weighted by Crippen LogP contribution is 2.31. The lowest BCUT2D eigenvalue weighted by Gasteiger charge is -2.48. The molecule has 0 bridgehead atoms. The molecule has 2 amide bonds. The molecule has 2 fully saturated rings. The van der Waals surface area contributed by atoms with Gasteiger partial charge in [-0.05, 0) is 38.8 Å². The third-order valence-electron chi connectivity index (χ3n) is 4.74. The first kappa shape index (κ1) is 23.7. The number of nitrogens with one attached hydrogen (secondary N) is 1. The second-order valence-corrected chi connectivity index (χ2v) is 7.60. The number of halogens is 3. The maximum absolute atomic E-state index is 12.3. The van der Waals surface area contributed by atoms with Crippen molar-refractivity contribution in [3.63, 3.8) is 0 Å². The number of hydrogen-bond donors (Lipinski definition) is 2. The van der Waals surface area contributed by atoms with Crippen molar-refractivity contribution in [1.82, 2.24) is 15.2 Å². The fraction of sp³-hybridized carbons (Fsp3) is 0.632. The average Bonchev–Trinajstić information content (AvgIpc) is 2.68. The summed E-state index contributed by atoms with van der Waals surface area (Å²) in [6, 6.07) is 4.21. The highest BCUT2D eigenvalue weighted by Gasteiger charge is 2.42. The van der Waals surface area contributed by atoms with Gasteiger partial charge < -0.3 is 25.0 Å². The molecule has 0 aromatic carbocycles. The SMILES string of the molecule is CC(C)NC(=O)N1CCOC2(CCCN(c3cccnc3)C2)C1.O=C(O)C(F)(F)F. The summed E-state index contributed by atoms with van der Waals surface area (Å²) in [5.74, 6) is -2.76. The van der Waals surface area contributed by atoms with Gasteiger partial charge in [-0.25, -0.2) is 9.59 Å². The minimum Gasteiger partial charge on any atom is -0.475 e. The van der Waals surface area contributed by atoms with Crippen LogP contribution in [0.2, 0.25) is 0 Å². The van der Waals surface area contributed by atoms with Crippen molar-refractivity contribution >= 4 is 17.7 Å². The van der Waals surface area contributed by atoms with Crippen LogP contribution in [0.5, 0.6) is 0 Å². The Labute approximate surface area is 173 Å². The molecule has 2 aliphatic rings. The molecule has 1 aromatic rings. The number of nitrogens with zero attached hydrogens (tertiary/aromatic N) is 3. The quantitative estimate of drug-likeness (QED) is 0.746. The Bertz CT molecular complexity index is 713. The van der Waals surface area contributed by atoms with Crippen LogP contribution in [0.15, 0.2) is 24.5 Å². The van der Waals surface area contributed by atoms with Crippen LogP contribution in [0.25, 0.3) is 0 Å². The summed E-state index contributed by atoms with van der Waals surface area (Å²) in [6.07, 6.45) is 0.660. The monoisotopic (exact) mass is 432 g/mol. The number of amides is 2. The van der Waals surface area contributed by atoms with E-state index in [0.29, 0.717) is 19.7 Å². The van der Waals surface area contributed by atoms with Crippen molar-refractivity contribution in [2.45, 2.75) is 44.5 Å². The number of piperidine rings is 1. The van der Waals surface area contributed by atoms with Crippen LogP contribution in [0.1, 0.15) is 26.7 Å². The Kier molecular flexibility index (Phi) is 7.88. The topological polar surface area (TPSA) is 95.0 Å². The van der Waals surface area contributed by atoms with Gasteiger partial charge in [0.05, 0.1) is 25.0 Å². The Morgan fingerprint density at radius 2 is 2.00 bits per heavy atom. The molecular formula is C19H27F3N4O4. The van der Waals surface area contributed by atoms with Gasteiger partial charge in [0, 0.05) is 31.9 Å². The number of anilines is 1. The molecule has 2 aliphatic heterocycles. The summed E-state index contributed by atoms with van der Waals surface area (Å²) in [5.41, 5.74) is 0.861. The summed E-state index contributed by atoms with van der Waals surface area (Å²) in [5, 5.41) is 10.1. The zero-order chi connectivity index (χ0) is 22.4. The van der Waals surface area contributed by atoms with Gasteiger partial charge in [0.25, 0.3) is 0 Å². The number of carbonyl (C=O) groups excluding carboxylic acids is 1. The van der Waals surface area contributed by atoms with Crippen molar-refractivity contribution in [2.75, 3.05) is 37.7 Å².